The highest BCUT2D eigenvalue weighted by Gasteiger charge is 2.23. The summed E-state index contributed by atoms with van der Waals surface area (Å²) in [4.78, 5) is 18.8. The van der Waals surface area contributed by atoms with Crippen molar-refractivity contribution >= 4 is 23.2 Å². The number of nitrogens with one attached hydrogen (secondary N) is 1. The fourth-order valence-electron chi connectivity index (χ4n) is 3.63. The molecule has 1 N–H and O–H groups in total. The van der Waals surface area contributed by atoms with Gasteiger partial charge in [-0.1, -0.05) is 11.6 Å². The summed E-state index contributed by atoms with van der Waals surface area (Å²) in [5.74, 6) is 2.13. The van der Waals surface area contributed by atoms with E-state index in [0.717, 1.165) is 25.9 Å². The highest BCUT2D eigenvalue weighted by Crippen LogP contribution is 2.32. The van der Waals surface area contributed by atoms with E-state index in [4.69, 9.17) is 25.8 Å². The van der Waals surface area contributed by atoms with Crippen molar-refractivity contribution in [2.45, 2.75) is 12.8 Å². The van der Waals surface area contributed by atoms with Gasteiger partial charge in [0.2, 0.25) is 11.8 Å². The molecule has 8 heteroatoms. The SMILES string of the molecule is O=C(CN1CCCC(COc2ncccc2Cl)C1)Nc1ccc2c(c1)OCCO2. The van der Waals surface area contributed by atoms with Crippen LogP contribution in [0.15, 0.2) is 36.5 Å². The molecule has 4 rings (SSSR count). The number of fused-ring (bicyclic) bond motifs is 1. The zero-order chi connectivity index (χ0) is 20.1. The third-order valence-corrected chi connectivity index (χ3v) is 5.26. The molecule has 29 heavy (non-hydrogen) atoms. The van der Waals surface area contributed by atoms with Gasteiger partial charge in [0.05, 0.1) is 13.2 Å². The number of ether oxygens (including phenoxy) is 3. The molecule has 0 saturated carbocycles. The first-order valence-corrected chi connectivity index (χ1v) is 10.2. The standard InChI is InChI=1S/C21H24ClN3O4/c22-17-4-1-7-23-21(17)29-14-15-3-2-8-25(12-15)13-20(26)24-16-5-6-18-19(11-16)28-10-9-27-18/h1,4-7,11,15H,2-3,8-10,12-14H2,(H,24,26). The Kier molecular flexibility index (Phi) is 6.36. The smallest absolute Gasteiger partial charge is 0.238 e. The van der Waals surface area contributed by atoms with Gasteiger partial charge in [-0.25, -0.2) is 4.98 Å². The maximum atomic E-state index is 12.5. The third-order valence-electron chi connectivity index (χ3n) is 4.98. The van der Waals surface area contributed by atoms with Gasteiger partial charge in [0.15, 0.2) is 11.5 Å². The fraction of sp³-hybridized carbons (Fsp3) is 0.429. The van der Waals surface area contributed by atoms with Crippen molar-refractivity contribution in [3.8, 4) is 17.4 Å². The number of hydrogen-bond acceptors (Lipinski definition) is 6. The van der Waals surface area contributed by atoms with E-state index in [1.165, 1.54) is 0 Å². The minimum absolute atomic E-state index is 0.0454. The van der Waals surface area contributed by atoms with Crippen molar-refractivity contribution in [1.29, 1.82) is 0 Å². The minimum Gasteiger partial charge on any atom is -0.486 e. The molecular weight excluding hydrogens is 394 g/mol. The summed E-state index contributed by atoms with van der Waals surface area (Å²) in [6.45, 7) is 3.65. The number of carbonyl (C=O) groups excluding carboxylic acids is 1. The molecule has 154 valence electrons. The Morgan fingerprint density at radius 3 is 3.00 bits per heavy atom. The molecule has 1 unspecified atom stereocenters. The normalized spacial score (nSPS) is 18.9. The maximum absolute atomic E-state index is 12.5. The lowest BCUT2D eigenvalue weighted by Crippen LogP contribution is -2.42. The van der Waals surface area contributed by atoms with E-state index < -0.39 is 0 Å². The van der Waals surface area contributed by atoms with Crippen LogP contribution in [0.2, 0.25) is 5.02 Å². The number of carbonyl (C=O) groups is 1. The Bertz CT molecular complexity index is 864. The van der Waals surface area contributed by atoms with Gasteiger partial charge in [-0.05, 0) is 43.7 Å². The zero-order valence-electron chi connectivity index (χ0n) is 16.1. The van der Waals surface area contributed by atoms with E-state index in [2.05, 4.69) is 15.2 Å². The average molecular weight is 418 g/mol. The molecule has 0 aliphatic carbocycles. The third kappa shape index (κ3) is 5.31. The summed E-state index contributed by atoms with van der Waals surface area (Å²) in [6, 6.07) is 8.99. The molecule has 2 aliphatic heterocycles. The summed E-state index contributed by atoms with van der Waals surface area (Å²) >= 11 is 6.09. The summed E-state index contributed by atoms with van der Waals surface area (Å²) in [6.07, 6.45) is 3.75. The lowest BCUT2D eigenvalue weighted by molar-refractivity contribution is -0.117. The number of pyridine rings is 1. The number of aromatic nitrogens is 1. The number of halogens is 1. The van der Waals surface area contributed by atoms with Crippen molar-refractivity contribution in [1.82, 2.24) is 9.88 Å². The number of nitrogens with zero attached hydrogens (tertiary/aromatic N) is 2. The quantitative estimate of drug-likeness (QED) is 0.777. The monoisotopic (exact) mass is 417 g/mol. The second kappa shape index (κ2) is 9.33. The van der Waals surface area contributed by atoms with Crippen LogP contribution in [0.1, 0.15) is 12.8 Å². The topological polar surface area (TPSA) is 72.9 Å². The highest BCUT2D eigenvalue weighted by molar-refractivity contribution is 6.31. The van der Waals surface area contributed by atoms with Crippen LogP contribution in [0.3, 0.4) is 0 Å². The predicted molar refractivity (Wildman–Crippen MR) is 110 cm³/mol. The lowest BCUT2D eigenvalue weighted by atomic mass is 9.99. The van der Waals surface area contributed by atoms with Crippen molar-refractivity contribution in [3.63, 3.8) is 0 Å². The van der Waals surface area contributed by atoms with Crippen LogP contribution in [-0.2, 0) is 4.79 Å². The molecule has 1 amide bonds. The first-order chi connectivity index (χ1) is 14.2. The number of amides is 1. The van der Waals surface area contributed by atoms with E-state index in [-0.39, 0.29) is 5.91 Å². The summed E-state index contributed by atoms with van der Waals surface area (Å²) in [5.41, 5.74) is 0.709. The summed E-state index contributed by atoms with van der Waals surface area (Å²) in [5, 5.41) is 3.46. The van der Waals surface area contributed by atoms with Gasteiger partial charge in [0.25, 0.3) is 0 Å². The molecule has 3 heterocycles. The summed E-state index contributed by atoms with van der Waals surface area (Å²) < 4.78 is 16.9. The van der Waals surface area contributed by atoms with Crippen LogP contribution in [0.25, 0.3) is 0 Å². The summed E-state index contributed by atoms with van der Waals surface area (Å²) in [7, 11) is 0. The maximum Gasteiger partial charge on any atom is 0.238 e. The lowest BCUT2D eigenvalue weighted by Gasteiger charge is -2.32. The Morgan fingerprint density at radius 2 is 2.14 bits per heavy atom. The molecule has 1 saturated heterocycles. The minimum atomic E-state index is -0.0454. The van der Waals surface area contributed by atoms with E-state index in [1.807, 2.05) is 12.1 Å². The molecule has 7 nitrogen and oxygen atoms in total. The van der Waals surface area contributed by atoms with E-state index >= 15 is 0 Å². The Balaban J connectivity index is 1.26. The number of rotatable bonds is 6. The van der Waals surface area contributed by atoms with Crippen molar-refractivity contribution in [3.05, 3.63) is 41.6 Å². The molecule has 0 spiro atoms. The molecule has 1 aromatic carbocycles. The van der Waals surface area contributed by atoms with Crippen LogP contribution in [0.4, 0.5) is 5.69 Å². The Morgan fingerprint density at radius 1 is 1.28 bits per heavy atom. The van der Waals surface area contributed by atoms with Crippen LogP contribution < -0.4 is 19.5 Å². The van der Waals surface area contributed by atoms with Gasteiger partial charge in [-0.3, -0.25) is 9.69 Å². The van der Waals surface area contributed by atoms with Gasteiger partial charge in [-0.15, -0.1) is 0 Å². The molecule has 0 radical (unpaired) electrons. The molecule has 1 atom stereocenters. The first kappa shape index (κ1) is 19.8. The van der Waals surface area contributed by atoms with Crippen LogP contribution in [0, 0.1) is 5.92 Å². The van der Waals surface area contributed by atoms with E-state index in [0.29, 0.717) is 60.4 Å². The number of likely N-dealkylation sites (tertiary alicyclic amines) is 1. The molecule has 1 fully saturated rings. The van der Waals surface area contributed by atoms with Crippen molar-refractivity contribution in [2.24, 2.45) is 5.92 Å². The molecule has 0 bridgehead atoms. The second-order valence-electron chi connectivity index (χ2n) is 7.25. The first-order valence-electron chi connectivity index (χ1n) is 9.82. The van der Waals surface area contributed by atoms with Crippen LogP contribution >= 0.6 is 11.6 Å². The molecule has 1 aromatic heterocycles. The second-order valence-corrected chi connectivity index (χ2v) is 7.66. The highest BCUT2D eigenvalue weighted by atomic mass is 35.5. The van der Waals surface area contributed by atoms with E-state index in [9.17, 15) is 4.79 Å². The van der Waals surface area contributed by atoms with E-state index in [1.54, 1.807) is 24.4 Å². The van der Waals surface area contributed by atoms with Gasteiger partial charge in [0.1, 0.15) is 18.2 Å². The number of piperidine rings is 1. The van der Waals surface area contributed by atoms with Gasteiger partial charge >= 0.3 is 0 Å². The van der Waals surface area contributed by atoms with Crippen LogP contribution in [-0.4, -0.2) is 55.2 Å². The zero-order valence-corrected chi connectivity index (χ0v) is 16.9. The predicted octanol–water partition coefficient (Wildman–Crippen LogP) is 3.24. The molecule has 2 aromatic rings. The van der Waals surface area contributed by atoms with Gasteiger partial charge < -0.3 is 19.5 Å². The number of hydrogen-bond donors (Lipinski definition) is 1. The average Bonchev–Trinajstić information content (AvgIpc) is 2.73. The van der Waals surface area contributed by atoms with Crippen LogP contribution in [0.5, 0.6) is 17.4 Å². The number of anilines is 1. The largest absolute Gasteiger partial charge is 0.486 e. The Labute approximate surface area is 174 Å². The van der Waals surface area contributed by atoms with Gasteiger partial charge in [-0.2, -0.15) is 0 Å². The van der Waals surface area contributed by atoms with Crippen molar-refractivity contribution < 1.29 is 19.0 Å². The fourth-order valence-corrected chi connectivity index (χ4v) is 3.81. The molecule has 2 aliphatic rings. The molecular formula is C21H24ClN3O4. The van der Waals surface area contributed by atoms with Gasteiger partial charge in [0, 0.05) is 30.4 Å². The Hall–Kier alpha value is -2.51. The number of benzene rings is 1. The van der Waals surface area contributed by atoms with Crippen molar-refractivity contribution in [2.75, 3.05) is 44.8 Å².